The van der Waals surface area contributed by atoms with Gasteiger partial charge in [0.2, 0.25) is 10.0 Å². The van der Waals surface area contributed by atoms with Gasteiger partial charge < -0.3 is 10.2 Å². The highest BCUT2D eigenvalue weighted by molar-refractivity contribution is 7.89. The van der Waals surface area contributed by atoms with Crippen molar-refractivity contribution in [2.75, 3.05) is 18.8 Å². The Morgan fingerprint density at radius 1 is 1.10 bits per heavy atom. The topological polar surface area (TPSA) is 78.5 Å². The Kier molecular flexibility index (Phi) is 5.26. The van der Waals surface area contributed by atoms with Gasteiger partial charge in [0.05, 0.1) is 5.75 Å². The fourth-order valence-corrected chi connectivity index (χ4v) is 3.78. The Labute approximate surface area is 121 Å². The number of amides is 2. The highest BCUT2D eigenvalue weighted by Gasteiger charge is 2.26. The minimum Gasteiger partial charge on any atom is -0.335 e. The van der Waals surface area contributed by atoms with E-state index < -0.39 is 10.0 Å². The zero-order valence-corrected chi connectivity index (χ0v) is 12.9. The molecule has 0 bridgehead atoms. The van der Waals surface area contributed by atoms with Gasteiger partial charge in [-0.25, -0.2) is 17.9 Å². The molecule has 0 aromatic rings. The van der Waals surface area contributed by atoms with Crippen molar-refractivity contribution in [3.05, 3.63) is 0 Å². The lowest BCUT2D eigenvalue weighted by atomic mass is 10.1. The van der Waals surface area contributed by atoms with Gasteiger partial charge in [-0.2, -0.15) is 0 Å². The number of rotatable bonds is 4. The molecule has 20 heavy (non-hydrogen) atoms. The van der Waals surface area contributed by atoms with Crippen molar-refractivity contribution in [3.8, 4) is 0 Å². The monoisotopic (exact) mass is 303 g/mol. The molecule has 0 unspecified atom stereocenters. The molecule has 1 saturated carbocycles. The number of sulfonamides is 1. The molecule has 1 heterocycles. The lowest BCUT2D eigenvalue weighted by molar-refractivity contribution is 0.176. The third-order valence-electron chi connectivity index (χ3n) is 4.19. The van der Waals surface area contributed by atoms with Gasteiger partial charge in [-0.1, -0.05) is 12.8 Å². The Morgan fingerprint density at radius 2 is 1.70 bits per heavy atom. The van der Waals surface area contributed by atoms with E-state index in [4.69, 9.17) is 0 Å². The van der Waals surface area contributed by atoms with Crippen molar-refractivity contribution in [2.45, 2.75) is 57.5 Å². The van der Waals surface area contributed by atoms with Crippen molar-refractivity contribution >= 4 is 16.1 Å². The summed E-state index contributed by atoms with van der Waals surface area (Å²) in [7, 11) is -3.14. The van der Waals surface area contributed by atoms with Crippen molar-refractivity contribution in [3.63, 3.8) is 0 Å². The van der Waals surface area contributed by atoms with Gasteiger partial charge in [0.15, 0.2) is 0 Å². The third-order valence-corrected chi connectivity index (χ3v) is 5.64. The summed E-state index contributed by atoms with van der Waals surface area (Å²) in [6, 6.07) is 0.308. The number of urea groups is 1. The van der Waals surface area contributed by atoms with E-state index in [-0.39, 0.29) is 17.8 Å². The number of likely N-dealkylation sites (tertiary alicyclic amines) is 1. The number of hydrogen-bond acceptors (Lipinski definition) is 3. The van der Waals surface area contributed by atoms with E-state index in [0.717, 1.165) is 12.8 Å². The predicted molar refractivity (Wildman–Crippen MR) is 78.0 cm³/mol. The number of nitrogens with one attached hydrogen (secondary N) is 2. The van der Waals surface area contributed by atoms with Crippen LogP contribution in [0.4, 0.5) is 4.79 Å². The molecule has 2 fully saturated rings. The van der Waals surface area contributed by atoms with Gasteiger partial charge in [-0.05, 0) is 32.6 Å². The average Bonchev–Trinajstić information content (AvgIpc) is 2.92. The summed E-state index contributed by atoms with van der Waals surface area (Å²) in [6.07, 6.45) is 5.95. The van der Waals surface area contributed by atoms with E-state index in [1.807, 2.05) is 0 Å². The van der Waals surface area contributed by atoms with Crippen LogP contribution in [-0.2, 0) is 10.0 Å². The molecule has 0 aromatic heterocycles. The van der Waals surface area contributed by atoms with Crippen LogP contribution in [0.5, 0.6) is 0 Å². The normalized spacial score (nSPS) is 22.1. The molecule has 2 N–H and O–H groups in total. The quantitative estimate of drug-likeness (QED) is 0.814. The van der Waals surface area contributed by atoms with Crippen LogP contribution in [0.25, 0.3) is 0 Å². The SMILES string of the molecule is CCS(=O)(=O)NC1CCN(C(=O)NC2CCCC2)CC1. The van der Waals surface area contributed by atoms with E-state index in [1.165, 1.54) is 12.8 Å². The maximum absolute atomic E-state index is 12.1. The van der Waals surface area contributed by atoms with Gasteiger partial charge in [-0.15, -0.1) is 0 Å². The summed E-state index contributed by atoms with van der Waals surface area (Å²) < 4.78 is 25.7. The molecule has 0 radical (unpaired) electrons. The second-order valence-corrected chi connectivity index (χ2v) is 7.76. The minimum atomic E-state index is -3.14. The van der Waals surface area contributed by atoms with E-state index in [0.29, 0.717) is 32.0 Å². The molecule has 116 valence electrons. The molecule has 7 heteroatoms. The minimum absolute atomic E-state index is 0.00805. The second-order valence-electron chi connectivity index (χ2n) is 5.71. The van der Waals surface area contributed by atoms with E-state index >= 15 is 0 Å². The van der Waals surface area contributed by atoms with Crippen LogP contribution in [0.2, 0.25) is 0 Å². The molecule has 6 nitrogen and oxygen atoms in total. The molecular weight excluding hydrogens is 278 g/mol. The Bertz CT molecular complexity index is 424. The van der Waals surface area contributed by atoms with Gasteiger partial charge in [0, 0.05) is 25.2 Å². The summed E-state index contributed by atoms with van der Waals surface area (Å²) in [4.78, 5) is 13.9. The number of carbonyl (C=O) groups excluding carboxylic acids is 1. The Hall–Kier alpha value is -0.820. The molecule has 0 atom stereocenters. The molecular formula is C13H25N3O3S. The molecule has 0 aromatic carbocycles. The second kappa shape index (κ2) is 6.76. The molecule has 1 aliphatic carbocycles. The zero-order chi connectivity index (χ0) is 14.6. The van der Waals surface area contributed by atoms with Crippen LogP contribution in [-0.4, -0.2) is 50.3 Å². The number of carbonyl (C=O) groups is 1. The van der Waals surface area contributed by atoms with Crippen LogP contribution in [0.15, 0.2) is 0 Å². The van der Waals surface area contributed by atoms with Crippen LogP contribution in [0, 0.1) is 0 Å². The van der Waals surface area contributed by atoms with E-state index in [1.54, 1.807) is 11.8 Å². The van der Waals surface area contributed by atoms with Gasteiger partial charge in [-0.3, -0.25) is 0 Å². The van der Waals surface area contributed by atoms with Crippen molar-refractivity contribution < 1.29 is 13.2 Å². The molecule has 1 saturated heterocycles. The van der Waals surface area contributed by atoms with Gasteiger partial charge in [0.25, 0.3) is 0 Å². The molecule has 0 spiro atoms. The number of piperidine rings is 1. The summed E-state index contributed by atoms with van der Waals surface area (Å²) in [5.41, 5.74) is 0. The first kappa shape index (κ1) is 15.6. The van der Waals surface area contributed by atoms with Crippen LogP contribution >= 0.6 is 0 Å². The fraction of sp³-hybridized carbons (Fsp3) is 0.923. The van der Waals surface area contributed by atoms with Gasteiger partial charge in [0.1, 0.15) is 0 Å². The zero-order valence-electron chi connectivity index (χ0n) is 12.1. The number of nitrogens with zero attached hydrogens (tertiary/aromatic N) is 1. The van der Waals surface area contributed by atoms with Crippen molar-refractivity contribution in [2.24, 2.45) is 0 Å². The lowest BCUT2D eigenvalue weighted by Crippen LogP contribution is -2.51. The molecule has 1 aliphatic heterocycles. The Balaban J connectivity index is 1.74. The smallest absolute Gasteiger partial charge is 0.317 e. The van der Waals surface area contributed by atoms with E-state index in [2.05, 4.69) is 10.0 Å². The first-order chi connectivity index (χ1) is 9.50. The summed E-state index contributed by atoms with van der Waals surface area (Å²) in [5, 5.41) is 3.07. The highest BCUT2D eigenvalue weighted by atomic mass is 32.2. The maximum atomic E-state index is 12.1. The predicted octanol–water partition coefficient (Wildman–Crippen LogP) is 1.04. The highest BCUT2D eigenvalue weighted by Crippen LogP contribution is 2.18. The van der Waals surface area contributed by atoms with Crippen LogP contribution < -0.4 is 10.0 Å². The maximum Gasteiger partial charge on any atom is 0.317 e. The lowest BCUT2D eigenvalue weighted by Gasteiger charge is -2.33. The summed E-state index contributed by atoms with van der Waals surface area (Å²) in [6.45, 7) is 2.87. The first-order valence-electron chi connectivity index (χ1n) is 7.55. The van der Waals surface area contributed by atoms with Crippen LogP contribution in [0.1, 0.15) is 45.4 Å². The molecule has 2 aliphatic rings. The molecule has 2 rings (SSSR count). The summed E-state index contributed by atoms with van der Waals surface area (Å²) in [5.74, 6) is 0.107. The largest absolute Gasteiger partial charge is 0.335 e. The Morgan fingerprint density at radius 3 is 2.25 bits per heavy atom. The van der Waals surface area contributed by atoms with Crippen LogP contribution in [0.3, 0.4) is 0 Å². The fourth-order valence-electron chi connectivity index (χ4n) is 2.87. The summed E-state index contributed by atoms with van der Waals surface area (Å²) >= 11 is 0. The molecule has 2 amide bonds. The van der Waals surface area contributed by atoms with Crippen molar-refractivity contribution in [1.82, 2.24) is 14.9 Å². The van der Waals surface area contributed by atoms with Gasteiger partial charge >= 0.3 is 6.03 Å². The number of hydrogen-bond donors (Lipinski definition) is 2. The first-order valence-corrected chi connectivity index (χ1v) is 9.21. The van der Waals surface area contributed by atoms with Crippen molar-refractivity contribution in [1.29, 1.82) is 0 Å². The third kappa shape index (κ3) is 4.34. The standard InChI is InChI=1S/C13H25N3O3S/c1-2-20(18,19)15-12-7-9-16(10-8-12)13(17)14-11-5-3-4-6-11/h11-12,15H,2-10H2,1H3,(H,14,17). The average molecular weight is 303 g/mol. The van der Waals surface area contributed by atoms with E-state index in [9.17, 15) is 13.2 Å².